The Morgan fingerprint density at radius 3 is 1.48 bits per heavy atom. The van der Waals surface area contributed by atoms with Gasteiger partial charge < -0.3 is 0 Å². The molecule has 48 heavy (non-hydrogen) atoms. The summed E-state index contributed by atoms with van der Waals surface area (Å²) in [4.78, 5) is 10.2. The van der Waals surface area contributed by atoms with E-state index in [1.807, 2.05) is 12.1 Å². The molecule has 9 aromatic rings. The molecule has 0 N–H and O–H groups in total. The normalized spacial score (nSPS) is 11.3. The van der Waals surface area contributed by atoms with Gasteiger partial charge in [0.2, 0.25) is 0 Å². The van der Waals surface area contributed by atoms with Crippen LogP contribution in [-0.2, 0) is 0 Å². The molecule has 0 aliphatic carbocycles. The van der Waals surface area contributed by atoms with Gasteiger partial charge in [-0.25, -0.2) is 9.97 Å². The van der Waals surface area contributed by atoms with E-state index in [0.29, 0.717) is 5.82 Å². The number of hydrogen-bond donors (Lipinski definition) is 0. The van der Waals surface area contributed by atoms with E-state index >= 15 is 0 Å². The van der Waals surface area contributed by atoms with E-state index in [2.05, 4.69) is 170 Å². The van der Waals surface area contributed by atoms with Crippen LogP contribution >= 0.6 is 0 Å². The van der Waals surface area contributed by atoms with Gasteiger partial charge in [0.05, 0.1) is 11.4 Å². The molecule has 0 fully saturated rings. The van der Waals surface area contributed by atoms with Gasteiger partial charge in [0.1, 0.15) is 0 Å². The number of benzene rings is 8. The van der Waals surface area contributed by atoms with E-state index < -0.39 is 0 Å². The summed E-state index contributed by atoms with van der Waals surface area (Å²) in [6.45, 7) is 0. The Labute approximate surface area is 279 Å². The third-order valence-corrected chi connectivity index (χ3v) is 9.27. The molecule has 1 heterocycles. The van der Waals surface area contributed by atoms with Crippen molar-refractivity contribution in [3.63, 3.8) is 0 Å². The summed E-state index contributed by atoms with van der Waals surface area (Å²) < 4.78 is 0. The second kappa shape index (κ2) is 11.8. The lowest BCUT2D eigenvalue weighted by Crippen LogP contribution is -1.96. The Kier molecular flexibility index (Phi) is 6.84. The topological polar surface area (TPSA) is 25.8 Å². The Morgan fingerprint density at radius 2 is 0.771 bits per heavy atom. The van der Waals surface area contributed by atoms with Gasteiger partial charge in [-0.2, -0.15) is 0 Å². The van der Waals surface area contributed by atoms with Gasteiger partial charge in [0.25, 0.3) is 0 Å². The molecule has 0 spiro atoms. The van der Waals surface area contributed by atoms with Crippen molar-refractivity contribution in [2.24, 2.45) is 0 Å². The minimum Gasteiger partial charge on any atom is -0.228 e. The molecule has 8 aromatic carbocycles. The van der Waals surface area contributed by atoms with Crippen molar-refractivity contribution in [2.75, 3.05) is 0 Å². The predicted molar refractivity (Wildman–Crippen MR) is 202 cm³/mol. The van der Waals surface area contributed by atoms with Gasteiger partial charge in [-0.3, -0.25) is 0 Å². The number of fused-ring (bicyclic) bond motifs is 4. The Balaban J connectivity index is 1.18. The molecule has 2 heteroatoms. The summed E-state index contributed by atoms with van der Waals surface area (Å²) in [6, 6.07) is 64.5. The highest BCUT2D eigenvalue weighted by Crippen LogP contribution is 2.40. The molecule has 0 saturated heterocycles. The van der Waals surface area contributed by atoms with Crippen LogP contribution < -0.4 is 0 Å². The first-order valence-electron chi connectivity index (χ1n) is 16.3. The van der Waals surface area contributed by atoms with Gasteiger partial charge in [0.15, 0.2) is 5.82 Å². The summed E-state index contributed by atoms with van der Waals surface area (Å²) in [5.41, 5.74) is 9.71. The van der Waals surface area contributed by atoms with Crippen LogP contribution in [0.2, 0.25) is 0 Å². The fourth-order valence-corrected chi connectivity index (χ4v) is 6.87. The summed E-state index contributed by atoms with van der Waals surface area (Å²) in [5, 5.41) is 7.52. The maximum Gasteiger partial charge on any atom is 0.160 e. The zero-order chi connectivity index (χ0) is 31.9. The lowest BCUT2D eigenvalue weighted by molar-refractivity contribution is 1.18. The largest absolute Gasteiger partial charge is 0.228 e. The van der Waals surface area contributed by atoms with Crippen molar-refractivity contribution in [3.05, 3.63) is 182 Å². The van der Waals surface area contributed by atoms with Crippen LogP contribution in [-0.4, -0.2) is 9.97 Å². The molecular weight excluding hydrogens is 581 g/mol. The van der Waals surface area contributed by atoms with Crippen molar-refractivity contribution >= 4 is 32.3 Å². The molecule has 2 nitrogen and oxygen atoms in total. The van der Waals surface area contributed by atoms with Crippen LogP contribution in [0.5, 0.6) is 0 Å². The minimum atomic E-state index is 0.707. The smallest absolute Gasteiger partial charge is 0.160 e. The van der Waals surface area contributed by atoms with E-state index in [0.717, 1.165) is 28.1 Å². The first-order valence-corrected chi connectivity index (χ1v) is 16.3. The standard InChI is InChI=1S/C46H30N2/c1-3-11-31(12-4-1)32-19-22-35(23-20-32)43-30-42(34-14-5-2-6-15-34)47-46(48-43)37-26-24-36(25-27-37)44-41-18-10-8-16-38(41)29-39-28-21-33-13-7-9-17-40(33)45(39)44/h1-30H. The molecule has 0 atom stereocenters. The summed E-state index contributed by atoms with van der Waals surface area (Å²) >= 11 is 0. The van der Waals surface area contributed by atoms with Gasteiger partial charge in [-0.1, -0.05) is 170 Å². The Bertz CT molecular complexity index is 2570. The SMILES string of the molecule is c1ccc(-c2ccc(-c3cc(-c4ccccc4)nc(-c4ccc(-c5c6ccccc6cc6ccc7ccccc7c56)cc4)n3)cc2)cc1. The van der Waals surface area contributed by atoms with Gasteiger partial charge in [-0.15, -0.1) is 0 Å². The van der Waals surface area contributed by atoms with E-state index in [9.17, 15) is 0 Å². The van der Waals surface area contributed by atoms with E-state index in [1.54, 1.807) is 0 Å². The summed E-state index contributed by atoms with van der Waals surface area (Å²) in [5.74, 6) is 0.707. The molecular formula is C46H30N2. The number of aromatic nitrogens is 2. The predicted octanol–water partition coefficient (Wildman–Crippen LogP) is 12.3. The fourth-order valence-electron chi connectivity index (χ4n) is 6.87. The molecule has 224 valence electrons. The molecule has 0 aliphatic heterocycles. The van der Waals surface area contributed by atoms with Crippen LogP contribution in [0.25, 0.3) is 88.5 Å². The van der Waals surface area contributed by atoms with E-state index in [1.165, 1.54) is 54.6 Å². The summed E-state index contributed by atoms with van der Waals surface area (Å²) in [7, 11) is 0. The highest BCUT2D eigenvalue weighted by molar-refractivity contribution is 6.21. The third-order valence-electron chi connectivity index (χ3n) is 9.27. The second-order valence-electron chi connectivity index (χ2n) is 12.2. The molecule has 0 amide bonds. The third kappa shape index (κ3) is 5.01. The van der Waals surface area contributed by atoms with Crippen LogP contribution in [0, 0.1) is 0 Å². The van der Waals surface area contributed by atoms with Crippen molar-refractivity contribution in [1.29, 1.82) is 0 Å². The quantitative estimate of drug-likeness (QED) is 0.143. The summed E-state index contributed by atoms with van der Waals surface area (Å²) in [6.07, 6.45) is 0. The Hall–Kier alpha value is -6.38. The Morgan fingerprint density at radius 1 is 0.292 bits per heavy atom. The average Bonchev–Trinajstić information content (AvgIpc) is 3.17. The fraction of sp³-hybridized carbons (Fsp3) is 0. The molecule has 1 aromatic heterocycles. The molecule has 9 rings (SSSR count). The van der Waals surface area contributed by atoms with Crippen LogP contribution in [0.1, 0.15) is 0 Å². The number of hydrogen-bond acceptors (Lipinski definition) is 2. The highest BCUT2D eigenvalue weighted by atomic mass is 14.9. The lowest BCUT2D eigenvalue weighted by Gasteiger charge is -2.15. The monoisotopic (exact) mass is 610 g/mol. The van der Waals surface area contributed by atoms with Gasteiger partial charge in [0, 0.05) is 16.7 Å². The first-order chi connectivity index (χ1) is 23.8. The molecule has 0 radical (unpaired) electrons. The van der Waals surface area contributed by atoms with Crippen molar-refractivity contribution < 1.29 is 0 Å². The zero-order valence-corrected chi connectivity index (χ0v) is 26.2. The van der Waals surface area contributed by atoms with Gasteiger partial charge in [-0.05, 0) is 66.7 Å². The maximum absolute atomic E-state index is 5.13. The van der Waals surface area contributed by atoms with E-state index in [-0.39, 0.29) is 0 Å². The van der Waals surface area contributed by atoms with Crippen molar-refractivity contribution in [2.45, 2.75) is 0 Å². The number of rotatable bonds is 5. The lowest BCUT2D eigenvalue weighted by atomic mass is 9.89. The molecule has 0 aliphatic rings. The van der Waals surface area contributed by atoms with Crippen LogP contribution in [0.3, 0.4) is 0 Å². The molecule has 0 saturated carbocycles. The van der Waals surface area contributed by atoms with Crippen LogP contribution in [0.4, 0.5) is 0 Å². The minimum absolute atomic E-state index is 0.707. The van der Waals surface area contributed by atoms with Crippen molar-refractivity contribution in [3.8, 4) is 56.2 Å². The molecule has 0 unspecified atom stereocenters. The van der Waals surface area contributed by atoms with Gasteiger partial charge >= 0.3 is 0 Å². The van der Waals surface area contributed by atoms with E-state index in [4.69, 9.17) is 9.97 Å². The zero-order valence-electron chi connectivity index (χ0n) is 26.2. The molecule has 0 bridgehead atoms. The maximum atomic E-state index is 5.13. The van der Waals surface area contributed by atoms with Crippen LogP contribution in [0.15, 0.2) is 182 Å². The second-order valence-corrected chi connectivity index (χ2v) is 12.2. The van der Waals surface area contributed by atoms with Crippen molar-refractivity contribution in [1.82, 2.24) is 9.97 Å². The average molecular weight is 611 g/mol. The highest BCUT2D eigenvalue weighted by Gasteiger charge is 2.15. The number of nitrogens with zero attached hydrogens (tertiary/aromatic N) is 2. The first kappa shape index (κ1) is 27.9.